The van der Waals surface area contributed by atoms with Gasteiger partial charge in [0, 0.05) is 6.61 Å². The minimum absolute atomic E-state index is 0.394. The lowest BCUT2D eigenvalue weighted by Crippen LogP contribution is -2.36. The number of thiol groups is 1. The number of rotatable bonds is 6. The molecule has 0 amide bonds. The van der Waals surface area contributed by atoms with E-state index in [-0.39, 0.29) is 0 Å². The molecular formula is C8H16O2S. The van der Waals surface area contributed by atoms with Gasteiger partial charge < -0.3 is 9.47 Å². The first-order valence-electron chi connectivity index (χ1n) is 4.23. The second kappa shape index (κ2) is 5.86. The van der Waals surface area contributed by atoms with E-state index in [0.717, 1.165) is 32.0 Å². The zero-order valence-electron chi connectivity index (χ0n) is 6.79. The SMILES string of the molecule is SCCCCCOC1COC1. The van der Waals surface area contributed by atoms with Gasteiger partial charge in [-0.3, -0.25) is 0 Å². The summed E-state index contributed by atoms with van der Waals surface area (Å²) in [4.78, 5) is 0. The van der Waals surface area contributed by atoms with Gasteiger partial charge in [-0.15, -0.1) is 0 Å². The molecule has 1 aliphatic heterocycles. The Morgan fingerprint density at radius 2 is 2.09 bits per heavy atom. The highest BCUT2D eigenvalue weighted by molar-refractivity contribution is 7.80. The fraction of sp³-hybridized carbons (Fsp3) is 1.00. The maximum absolute atomic E-state index is 5.47. The Hall–Kier alpha value is 0.270. The molecule has 0 aromatic heterocycles. The van der Waals surface area contributed by atoms with Gasteiger partial charge in [-0.25, -0.2) is 0 Å². The van der Waals surface area contributed by atoms with Crippen LogP contribution >= 0.6 is 12.6 Å². The first-order valence-corrected chi connectivity index (χ1v) is 4.87. The first kappa shape index (κ1) is 9.36. The third kappa shape index (κ3) is 3.99. The van der Waals surface area contributed by atoms with Crippen LogP contribution < -0.4 is 0 Å². The largest absolute Gasteiger partial charge is 0.376 e. The standard InChI is InChI=1S/C8H16O2S/c11-5-3-1-2-4-10-8-6-9-7-8/h8,11H,1-7H2. The van der Waals surface area contributed by atoms with Crippen molar-refractivity contribution in [3.05, 3.63) is 0 Å². The van der Waals surface area contributed by atoms with E-state index in [4.69, 9.17) is 9.47 Å². The normalized spacial score (nSPS) is 18.3. The Bertz CT molecular complexity index is 94.1. The number of hydrogen-bond donors (Lipinski definition) is 1. The van der Waals surface area contributed by atoms with Crippen LogP contribution in [0, 0.1) is 0 Å². The maximum atomic E-state index is 5.47. The van der Waals surface area contributed by atoms with E-state index in [1.165, 1.54) is 12.8 Å². The van der Waals surface area contributed by atoms with Crippen molar-refractivity contribution in [1.82, 2.24) is 0 Å². The second-order valence-electron chi connectivity index (χ2n) is 2.81. The predicted molar refractivity (Wildman–Crippen MR) is 48.3 cm³/mol. The fourth-order valence-corrected chi connectivity index (χ4v) is 1.17. The van der Waals surface area contributed by atoms with Gasteiger partial charge in [-0.1, -0.05) is 6.42 Å². The van der Waals surface area contributed by atoms with E-state index in [1.54, 1.807) is 0 Å². The van der Waals surface area contributed by atoms with Crippen LogP contribution in [-0.4, -0.2) is 31.7 Å². The summed E-state index contributed by atoms with van der Waals surface area (Å²) in [6.07, 6.45) is 3.99. The Morgan fingerprint density at radius 1 is 1.27 bits per heavy atom. The summed E-state index contributed by atoms with van der Waals surface area (Å²) in [5, 5.41) is 0. The zero-order valence-corrected chi connectivity index (χ0v) is 7.69. The highest BCUT2D eigenvalue weighted by atomic mass is 32.1. The molecule has 0 unspecified atom stereocenters. The average Bonchev–Trinajstić information content (AvgIpc) is 1.93. The Labute approximate surface area is 73.7 Å². The van der Waals surface area contributed by atoms with Gasteiger partial charge in [-0.05, 0) is 18.6 Å². The molecule has 0 N–H and O–H groups in total. The van der Waals surface area contributed by atoms with Crippen molar-refractivity contribution in [2.75, 3.05) is 25.6 Å². The van der Waals surface area contributed by atoms with Gasteiger partial charge in [0.25, 0.3) is 0 Å². The Morgan fingerprint density at radius 3 is 2.64 bits per heavy atom. The molecule has 66 valence electrons. The summed E-state index contributed by atoms with van der Waals surface area (Å²) in [7, 11) is 0. The molecule has 2 nitrogen and oxygen atoms in total. The minimum Gasteiger partial charge on any atom is -0.376 e. The van der Waals surface area contributed by atoms with Crippen LogP contribution in [0.15, 0.2) is 0 Å². The van der Waals surface area contributed by atoms with Gasteiger partial charge in [0.05, 0.1) is 13.2 Å². The maximum Gasteiger partial charge on any atom is 0.104 e. The van der Waals surface area contributed by atoms with Gasteiger partial charge in [-0.2, -0.15) is 12.6 Å². The lowest BCUT2D eigenvalue weighted by molar-refractivity contribution is -0.129. The summed E-state index contributed by atoms with van der Waals surface area (Å²) in [6, 6.07) is 0. The van der Waals surface area contributed by atoms with Crippen molar-refractivity contribution in [3.63, 3.8) is 0 Å². The number of unbranched alkanes of at least 4 members (excludes halogenated alkanes) is 2. The van der Waals surface area contributed by atoms with E-state index in [2.05, 4.69) is 12.6 Å². The lowest BCUT2D eigenvalue weighted by Gasteiger charge is -2.25. The molecule has 11 heavy (non-hydrogen) atoms. The molecule has 1 rings (SSSR count). The van der Waals surface area contributed by atoms with Crippen molar-refractivity contribution < 1.29 is 9.47 Å². The molecule has 0 aliphatic carbocycles. The number of hydrogen-bond acceptors (Lipinski definition) is 3. The molecule has 0 atom stereocenters. The molecule has 0 bridgehead atoms. The molecule has 0 aromatic rings. The van der Waals surface area contributed by atoms with Crippen LogP contribution in [-0.2, 0) is 9.47 Å². The van der Waals surface area contributed by atoms with Crippen molar-refractivity contribution in [2.24, 2.45) is 0 Å². The molecule has 0 aromatic carbocycles. The van der Waals surface area contributed by atoms with Crippen LogP contribution in [0.4, 0.5) is 0 Å². The summed E-state index contributed by atoms with van der Waals surface area (Å²) in [5.74, 6) is 0.993. The second-order valence-corrected chi connectivity index (χ2v) is 3.26. The smallest absolute Gasteiger partial charge is 0.104 e. The molecule has 1 heterocycles. The molecule has 0 radical (unpaired) electrons. The van der Waals surface area contributed by atoms with Crippen LogP contribution in [0.5, 0.6) is 0 Å². The molecule has 3 heteroatoms. The summed E-state index contributed by atoms with van der Waals surface area (Å²) in [5.41, 5.74) is 0. The van der Waals surface area contributed by atoms with Crippen LogP contribution in [0.3, 0.4) is 0 Å². The number of ether oxygens (including phenoxy) is 2. The van der Waals surface area contributed by atoms with Gasteiger partial charge in [0.2, 0.25) is 0 Å². The van der Waals surface area contributed by atoms with Gasteiger partial charge in [0.1, 0.15) is 6.10 Å². The van der Waals surface area contributed by atoms with Crippen LogP contribution in [0.1, 0.15) is 19.3 Å². The average molecular weight is 176 g/mol. The van der Waals surface area contributed by atoms with E-state index in [0.29, 0.717) is 6.10 Å². The molecule has 1 fully saturated rings. The molecule has 0 spiro atoms. The van der Waals surface area contributed by atoms with Crippen molar-refractivity contribution in [2.45, 2.75) is 25.4 Å². The van der Waals surface area contributed by atoms with Crippen LogP contribution in [0.25, 0.3) is 0 Å². The summed E-state index contributed by atoms with van der Waals surface area (Å²) >= 11 is 4.13. The van der Waals surface area contributed by atoms with Gasteiger partial charge in [0.15, 0.2) is 0 Å². The Kier molecular flexibility index (Phi) is 4.99. The van der Waals surface area contributed by atoms with E-state index < -0.39 is 0 Å². The van der Waals surface area contributed by atoms with E-state index in [9.17, 15) is 0 Å². The highest BCUT2D eigenvalue weighted by Crippen LogP contribution is 2.06. The topological polar surface area (TPSA) is 18.5 Å². The zero-order chi connectivity index (χ0) is 7.94. The fourth-order valence-electron chi connectivity index (χ4n) is 0.951. The lowest BCUT2D eigenvalue weighted by atomic mass is 10.2. The van der Waals surface area contributed by atoms with Crippen molar-refractivity contribution >= 4 is 12.6 Å². The highest BCUT2D eigenvalue weighted by Gasteiger charge is 2.17. The monoisotopic (exact) mass is 176 g/mol. The van der Waals surface area contributed by atoms with Crippen molar-refractivity contribution in [3.8, 4) is 0 Å². The third-order valence-corrected chi connectivity index (χ3v) is 2.08. The molecule has 1 aliphatic rings. The quantitative estimate of drug-likeness (QED) is 0.488. The minimum atomic E-state index is 0.394. The summed E-state index contributed by atoms with van der Waals surface area (Å²) < 4.78 is 10.5. The van der Waals surface area contributed by atoms with E-state index >= 15 is 0 Å². The van der Waals surface area contributed by atoms with Gasteiger partial charge >= 0.3 is 0 Å². The van der Waals surface area contributed by atoms with Crippen molar-refractivity contribution in [1.29, 1.82) is 0 Å². The van der Waals surface area contributed by atoms with E-state index in [1.807, 2.05) is 0 Å². The third-order valence-electron chi connectivity index (χ3n) is 1.76. The Balaban J connectivity index is 1.73. The van der Waals surface area contributed by atoms with Crippen LogP contribution in [0.2, 0.25) is 0 Å². The molecule has 1 saturated heterocycles. The molecular weight excluding hydrogens is 160 g/mol. The first-order chi connectivity index (χ1) is 5.43. The summed E-state index contributed by atoms with van der Waals surface area (Å²) in [6.45, 7) is 2.49. The predicted octanol–water partition coefficient (Wildman–Crippen LogP) is 1.50. The molecule has 0 saturated carbocycles.